The molecule has 2 N–H and O–H groups in total. The molecule has 1 heterocycles. The topological polar surface area (TPSA) is 75.6 Å². The van der Waals surface area contributed by atoms with Crippen molar-refractivity contribution in [1.82, 2.24) is 4.72 Å². The Kier molecular flexibility index (Phi) is 4.73. The fraction of sp³-hybridized carbons (Fsp3) is 1.00. The van der Waals surface area contributed by atoms with Crippen LogP contribution in [0.25, 0.3) is 0 Å². The zero-order valence-corrected chi connectivity index (χ0v) is 10.7. The summed E-state index contributed by atoms with van der Waals surface area (Å²) in [5.41, 5.74) is -1.02. The van der Waals surface area contributed by atoms with E-state index in [4.69, 9.17) is 4.74 Å². The normalized spacial score (nSPS) is 26.5. The lowest BCUT2D eigenvalue weighted by atomic mass is 10.1. The van der Waals surface area contributed by atoms with E-state index >= 15 is 0 Å². The fourth-order valence-corrected chi connectivity index (χ4v) is 2.86. The summed E-state index contributed by atoms with van der Waals surface area (Å²) >= 11 is 0. The van der Waals surface area contributed by atoms with Crippen molar-refractivity contribution in [3.05, 3.63) is 0 Å². The number of aliphatic hydroxyl groups is 1. The maximum Gasteiger partial charge on any atom is 0.211 e. The van der Waals surface area contributed by atoms with Crippen molar-refractivity contribution in [2.75, 3.05) is 25.5 Å². The summed E-state index contributed by atoms with van der Waals surface area (Å²) in [6.45, 7) is 4.71. The Morgan fingerprint density at radius 3 is 2.69 bits per heavy atom. The molecule has 1 fully saturated rings. The highest BCUT2D eigenvalue weighted by molar-refractivity contribution is 7.89. The van der Waals surface area contributed by atoms with Crippen molar-refractivity contribution in [2.45, 2.75) is 32.3 Å². The van der Waals surface area contributed by atoms with Crippen molar-refractivity contribution in [3.8, 4) is 0 Å². The second kappa shape index (κ2) is 5.44. The van der Waals surface area contributed by atoms with Gasteiger partial charge in [-0.3, -0.25) is 0 Å². The molecule has 6 heteroatoms. The van der Waals surface area contributed by atoms with E-state index in [1.54, 1.807) is 0 Å². The molecule has 0 saturated carbocycles. The van der Waals surface area contributed by atoms with Crippen LogP contribution in [0, 0.1) is 5.92 Å². The molecule has 16 heavy (non-hydrogen) atoms. The standard InChI is InChI=1S/C10H21NO4S/c1-9(2)3-6-16(13,14)11-7-10(12)4-5-15-8-10/h9,11-12H,3-8H2,1-2H3. The predicted molar refractivity (Wildman–Crippen MR) is 61.6 cm³/mol. The molecule has 1 atom stereocenters. The molecule has 1 saturated heterocycles. The third kappa shape index (κ3) is 4.78. The Bertz CT molecular complexity index is 307. The molecular weight excluding hydrogens is 230 g/mol. The molecule has 1 aliphatic heterocycles. The van der Waals surface area contributed by atoms with E-state index in [9.17, 15) is 13.5 Å². The fourth-order valence-electron chi connectivity index (χ4n) is 1.44. The van der Waals surface area contributed by atoms with Crippen LogP contribution >= 0.6 is 0 Å². The smallest absolute Gasteiger partial charge is 0.211 e. The Balaban J connectivity index is 2.35. The van der Waals surface area contributed by atoms with Gasteiger partial charge in [0.2, 0.25) is 10.0 Å². The van der Waals surface area contributed by atoms with Gasteiger partial charge in [-0.2, -0.15) is 0 Å². The average molecular weight is 251 g/mol. The van der Waals surface area contributed by atoms with Crippen LogP contribution in [0.4, 0.5) is 0 Å². The van der Waals surface area contributed by atoms with Gasteiger partial charge >= 0.3 is 0 Å². The highest BCUT2D eigenvalue weighted by Crippen LogP contribution is 2.17. The number of ether oxygens (including phenoxy) is 1. The minimum absolute atomic E-state index is 0.0490. The summed E-state index contributed by atoms with van der Waals surface area (Å²) in [5, 5.41) is 9.88. The highest BCUT2D eigenvalue weighted by atomic mass is 32.2. The summed E-state index contributed by atoms with van der Waals surface area (Å²) in [5.74, 6) is 0.469. The summed E-state index contributed by atoms with van der Waals surface area (Å²) in [6.07, 6.45) is 1.12. The minimum atomic E-state index is -3.27. The first-order valence-corrected chi connectivity index (χ1v) is 7.26. The molecule has 0 bridgehead atoms. The first-order valence-electron chi connectivity index (χ1n) is 5.60. The molecule has 0 radical (unpaired) electrons. The van der Waals surface area contributed by atoms with Crippen LogP contribution in [0.5, 0.6) is 0 Å². The molecular formula is C10H21NO4S. The van der Waals surface area contributed by atoms with Gasteiger partial charge in [0.25, 0.3) is 0 Å². The van der Waals surface area contributed by atoms with Crippen molar-refractivity contribution < 1.29 is 18.3 Å². The van der Waals surface area contributed by atoms with E-state index < -0.39 is 15.6 Å². The molecule has 0 amide bonds. The van der Waals surface area contributed by atoms with E-state index in [-0.39, 0.29) is 18.9 Å². The van der Waals surface area contributed by atoms with Crippen LogP contribution in [-0.4, -0.2) is 44.6 Å². The van der Waals surface area contributed by atoms with E-state index in [2.05, 4.69) is 4.72 Å². The SMILES string of the molecule is CC(C)CCS(=O)(=O)NCC1(O)CCOC1. The number of hydrogen-bond acceptors (Lipinski definition) is 4. The second-order valence-corrected chi connectivity index (χ2v) is 6.78. The lowest BCUT2D eigenvalue weighted by molar-refractivity contribution is 0.0314. The van der Waals surface area contributed by atoms with Gasteiger partial charge in [-0.1, -0.05) is 13.8 Å². The minimum Gasteiger partial charge on any atom is -0.386 e. The molecule has 1 aliphatic rings. The van der Waals surface area contributed by atoms with Crippen LogP contribution in [0.3, 0.4) is 0 Å². The number of nitrogens with one attached hydrogen (secondary N) is 1. The van der Waals surface area contributed by atoms with Gasteiger partial charge in [0.15, 0.2) is 0 Å². The van der Waals surface area contributed by atoms with Gasteiger partial charge in [0.1, 0.15) is 5.60 Å². The van der Waals surface area contributed by atoms with Crippen molar-refractivity contribution in [2.24, 2.45) is 5.92 Å². The van der Waals surface area contributed by atoms with Gasteiger partial charge in [-0.25, -0.2) is 13.1 Å². The van der Waals surface area contributed by atoms with E-state index in [0.29, 0.717) is 25.4 Å². The molecule has 1 unspecified atom stereocenters. The third-order valence-corrected chi connectivity index (χ3v) is 4.02. The lowest BCUT2D eigenvalue weighted by Gasteiger charge is -2.20. The highest BCUT2D eigenvalue weighted by Gasteiger charge is 2.33. The van der Waals surface area contributed by atoms with Gasteiger partial charge in [0, 0.05) is 19.6 Å². The maximum atomic E-state index is 11.6. The Morgan fingerprint density at radius 2 is 2.19 bits per heavy atom. The van der Waals surface area contributed by atoms with Crippen LogP contribution in [0.2, 0.25) is 0 Å². The molecule has 0 aliphatic carbocycles. The van der Waals surface area contributed by atoms with Crippen molar-refractivity contribution >= 4 is 10.0 Å². The van der Waals surface area contributed by atoms with Gasteiger partial charge in [-0.15, -0.1) is 0 Å². The van der Waals surface area contributed by atoms with Crippen molar-refractivity contribution in [3.63, 3.8) is 0 Å². The van der Waals surface area contributed by atoms with Crippen LogP contribution in [0.1, 0.15) is 26.7 Å². The molecule has 5 nitrogen and oxygen atoms in total. The Hall–Kier alpha value is -0.170. The number of sulfonamides is 1. The third-order valence-electron chi connectivity index (χ3n) is 2.67. The second-order valence-electron chi connectivity index (χ2n) is 4.85. The number of rotatable bonds is 6. The Morgan fingerprint density at radius 1 is 1.50 bits per heavy atom. The first-order chi connectivity index (χ1) is 7.33. The summed E-state index contributed by atoms with van der Waals surface area (Å²) in [7, 11) is -3.27. The Labute approximate surface area is 97.2 Å². The van der Waals surface area contributed by atoms with Gasteiger partial charge < -0.3 is 9.84 Å². The molecule has 0 spiro atoms. The quantitative estimate of drug-likeness (QED) is 0.702. The summed E-state index contributed by atoms with van der Waals surface area (Å²) in [6, 6.07) is 0. The largest absolute Gasteiger partial charge is 0.386 e. The predicted octanol–water partition coefficient (Wildman–Crippen LogP) is 0.103. The zero-order valence-electron chi connectivity index (χ0n) is 9.90. The lowest BCUT2D eigenvalue weighted by Crippen LogP contribution is -2.44. The summed E-state index contributed by atoms with van der Waals surface area (Å²) in [4.78, 5) is 0. The molecule has 0 aromatic carbocycles. The first kappa shape index (κ1) is 13.9. The van der Waals surface area contributed by atoms with E-state index in [1.807, 2.05) is 13.8 Å². The van der Waals surface area contributed by atoms with Gasteiger partial charge in [0.05, 0.1) is 12.4 Å². The summed E-state index contributed by atoms with van der Waals surface area (Å²) < 4.78 is 30.6. The number of hydrogen-bond donors (Lipinski definition) is 2. The molecule has 0 aromatic rings. The van der Waals surface area contributed by atoms with Crippen molar-refractivity contribution in [1.29, 1.82) is 0 Å². The van der Waals surface area contributed by atoms with Crippen LogP contribution < -0.4 is 4.72 Å². The molecule has 96 valence electrons. The van der Waals surface area contributed by atoms with E-state index in [1.165, 1.54) is 0 Å². The van der Waals surface area contributed by atoms with Crippen LogP contribution in [0.15, 0.2) is 0 Å². The molecule has 0 aromatic heterocycles. The van der Waals surface area contributed by atoms with E-state index in [0.717, 1.165) is 0 Å². The van der Waals surface area contributed by atoms with Crippen LogP contribution in [-0.2, 0) is 14.8 Å². The van der Waals surface area contributed by atoms with Gasteiger partial charge in [-0.05, 0) is 12.3 Å². The maximum absolute atomic E-state index is 11.6. The monoisotopic (exact) mass is 251 g/mol. The molecule has 1 rings (SSSR count). The zero-order chi connectivity index (χ0) is 12.2. The average Bonchev–Trinajstić information content (AvgIpc) is 2.61.